The molecule has 16 heavy (non-hydrogen) atoms. The number of carbonyl (C=O) groups is 1. The van der Waals surface area contributed by atoms with Crippen LogP contribution < -0.4 is 5.14 Å². The number of ether oxygens (including phenoxy) is 1. The molecule has 2 N–H and O–H groups in total. The Morgan fingerprint density at radius 2 is 2.12 bits per heavy atom. The van der Waals surface area contributed by atoms with E-state index in [1.165, 1.54) is 4.68 Å². The molecular weight excluding hydrogens is 234 g/mol. The summed E-state index contributed by atoms with van der Waals surface area (Å²) in [6, 6.07) is 0. The minimum atomic E-state index is -3.99. The molecule has 0 amide bonds. The number of aryl methyl sites for hydroxylation is 1. The van der Waals surface area contributed by atoms with E-state index in [9.17, 15) is 13.2 Å². The lowest BCUT2D eigenvalue weighted by molar-refractivity contribution is 0.0589. The normalized spacial score (nSPS) is 11.5. The molecule has 0 fully saturated rings. The number of methoxy groups -OCH3 is 1. The van der Waals surface area contributed by atoms with Crippen molar-refractivity contribution in [2.75, 3.05) is 7.11 Å². The predicted molar refractivity (Wildman–Crippen MR) is 55.3 cm³/mol. The van der Waals surface area contributed by atoms with E-state index in [2.05, 4.69) is 9.84 Å². The van der Waals surface area contributed by atoms with E-state index in [1.54, 1.807) is 14.0 Å². The zero-order valence-electron chi connectivity index (χ0n) is 9.22. The van der Waals surface area contributed by atoms with Crippen LogP contribution in [0.3, 0.4) is 0 Å². The topological polar surface area (TPSA) is 104 Å². The number of esters is 1. The fourth-order valence-electron chi connectivity index (χ4n) is 1.46. The van der Waals surface area contributed by atoms with Gasteiger partial charge in [-0.3, -0.25) is 4.68 Å². The van der Waals surface area contributed by atoms with Crippen LogP contribution in [0.25, 0.3) is 0 Å². The fourth-order valence-corrected chi connectivity index (χ4v) is 2.46. The van der Waals surface area contributed by atoms with Gasteiger partial charge in [0.05, 0.1) is 12.8 Å². The van der Waals surface area contributed by atoms with E-state index < -0.39 is 16.0 Å². The molecule has 0 saturated carbocycles. The van der Waals surface area contributed by atoms with Crippen LogP contribution in [0.1, 0.15) is 23.1 Å². The lowest BCUT2D eigenvalue weighted by Crippen LogP contribution is -2.18. The van der Waals surface area contributed by atoms with E-state index >= 15 is 0 Å². The SMILES string of the molecule is CCc1c(S(N)(=O)=O)c(C(=O)OC)nn1C. The smallest absolute Gasteiger partial charge is 0.360 e. The van der Waals surface area contributed by atoms with E-state index in [4.69, 9.17) is 5.14 Å². The van der Waals surface area contributed by atoms with Crippen LogP contribution in [-0.4, -0.2) is 31.3 Å². The molecule has 0 radical (unpaired) electrons. The van der Waals surface area contributed by atoms with Crippen LogP contribution in [0.15, 0.2) is 4.90 Å². The highest BCUT2D eigenvalue weighted by Gasteiger charge is 2.28. The van der Waals surface area contributed by atoms with E-state index in [0.717, 1.165) is 7.11 Å². The molecule has 90 valence electrons. The Kier molecular flexibility index (Phi) is 3.34. The summed E-state index contributed by atoms with van der Waals surface area (Å²) in [5.74, 6) is -0.820. The second-order valence-electron chi connectivity index (χ2n) is 3.14. The minimum Gasteiger partial charge on any atom is -0.464 e. The Hall–Kier alpha value is -1.41. The number of sulfonamides is 1. The first kappa shape index (κ1) is 12.7. The van der Waals surface area contributed by atoms with Gasteiger partial charge in [-0.05, 0) is 6.42 Å². The molecule has 8 heteroatoms. The summed E-state index contributed by atoms with van der Waals surface area (Å²) in [5.41, 5.74) is 0.104. The number of carbonyl (C=O) groups excluding carboxylic acids is 1. The maximum absolute atomic E-state index is 11.4. The van der Waals surface area contributed by atoms with Crippen molar-refractivity contribution >= 4 is 16.0 Å². The highest BCUT2D eigenvalue weighted by Crippen LogP contribution is 2.19. The van der Waals surface area contributed by atoms with Gasteiger partial charge in [0, 0.05) is 7.05 Å². The number of primary sulfonamides is 1. The Bertz CT molecular complexity index is 518. The summed E-state index contributed by atoms with van der Waals surface area (Å²) in [5, 5.41) is 8.85. The molecule has 0 bridgehead atoms. The summed E-state index contributed by atoms with van der Waals surface area (Å²) in [7, 11) is -1.30. The number of rotatable bonds is 3. The molecule has 1 aromatic rings. The van der Waals surface area contributed by atoms with Crippen LogP contribution in [0.4, 0.5) is 0 Å². The average Bonchev–Trinajstić information content (AvgIpc) is 2.53. The van der Waals surface area contributed by atoms with Gasteiger partial charge in [0.2, 0.25) is 10.0 Å². The monoisotopic (exact) mass is 247 g/mol. The first-order valence-corrected chi connectivity index (χ1v) is 6.04. The van der Waals surface area contributed by atoms with Gasteiger partial charge in [-0.25, -0.2) is 18.4 Å². The van der Waals surface area contributed by atoms with Crippen LogP contribution in [0.2, 0.25) is 0 Å². The van der Waals surface area contributed by atoms with Gasteiger partial charge in [0.15, 0.2) is 5.69 Å². The maximum Gasteiger partial charge on any atom is 0.360 e. The van der Waals surface area contributed by atoms with Gasteiger partial charge >= 0.3 is 5.97 Å². The molecule has 0 aromatic carbocycles. The first-order valence-electron chi connectivity index (χ1n) is 4.49. The Morgan fingerprint density at radius 1 is 1.56 bits per heavy atom. The van der Waals surface area contributed by atoms with Crippen molar-refractivity contribution in [3.8, 4) is 0 Å². The standard InChI is InChI=1S/C8H13N3O4S/c1-4-5-7(16(9,13)14)6(8(12)15-3)10-11(5)2/h4H2,1-3H3,(H2,9,13,14). The number of hydrogen-bond acceptors (Lipinski definition) is 5. The van der Waals surface area contributed by atoms with Crippen LogP contribution in [-0.2, 0) is 28.2 Å². The van der Waals surface area contributed by atoms with Crippen LogP contribution in [0.5, 0.6) is 0 Å². The van der Waals surface area contributed by atoms with Crippen molar-refractivity contribution in [1.82, 2.24) is 9.78 Å². The zero-order valence-corrected chi connectivity index (χ0v) is 10.0. The van der Waals surface area contributed by atoms with Crippen molar-refractivity contribution < 1.29 is 17.9 Å². The lowest BCUT2D eigenvalue weighted by atomic mass is 10.3. The molecule has 0 aliphatic carbocycles. The van der Waals surface area contributed by atoms with Gasteiger partial charge in [0.25, 0.3) is 0 Å². The van der Waals surface area contributed by atoms with Crippen molar-refractivity contribution in [3.05, 3.63) is 11.4 Å². The second-order valence-corrected chi connectivity index (χ2v) is 4.64. The molecule has 1 aromatic heterocycles. The minimum absolute atomic E-state index is 0.260. The lowest BCUT2D eigenvalue weighted by Gasteiger charge is -2.01. The van der Waals surface area contributed by atoms with Crippen molar-refractivity contribution in [3.63, 3.8) is 0 Å². The predicted octanol–water partition coefficient (Wildman–Crippen LogP) is -0.584. The van der Waals surface area contributed by atoms with Crippen LogP contribution in [0, 0.1) is 0 Å². The van der Waals surface area contributed by atoms with Crippen molar-refractivity contribution in [2.45, 2.75) is 18.2 Å². The number of nitrogens with two attached hydrogens (primary N) is 1. The second kappa shape index (κ2) is 4.22. The summed E-state index contributed by atoms with van der Waals surface area (Å²) in [6.07, 6.45) is 0.395. The quantitative estimate of drug-likeness (QED) is 0.719. The Morgan fingerprint density at radius 3 is 2.50 bits per heavy atom. The molecule has 0 aliphatic rings. The van der Waals surface area contributed by atoms with Crippen molar-refractivity contribution in [2.24, 2.45) is 12.2 Å². The first-order chi connectivity index (χ1) is 7.32. The molecule has 0 atom stereocenters. The molecule has 1 heterocycles. The Balaban J connectivity index is 3.58. The maximum atomic E-state index is 11.4. The average molecular weight is 247 g/mol. The molecule has 0 unspecified atom stereocenters. The third kappa shape index (κ3) is 2.07. The zero-order chi connectivity index (χ0) is 12.5. The molecular formula is C8H13N3O4S. The summed E-state index contributed by atoms with van der Waals surface area (Å²) < 4.78 is 28.5. The van der Waals surface area contributed by atoms with E-state index in [0.29, 0.717) is 12.1 Å². The molecule has 0 saturated heterocycles. The largest absolute Gasteiger partial charge is 0.464 e. The fraction of sp³-hybridized carbons (Fsp3) is 0.500. The molecule has 1 rings (SSSR count). The van der Waals surface area contributed by atoms with Crippen LogP contribution >= 0.6 is 0 Å². The highest BCUT2D eigenvalue weighted by molar-refractivity contribution is 7.89. The van der Waals surface area contributed by atoms with Gasteiger partial charge in [-0.1, -0.05) is 6.92 Å². The summed E-state index contributed by atoms with van der Waals surface area (Å²) >= 11 is 0. The van der Waals surface area contributed by atoms with Crippen molar-refractivity contribution in [1.29, 1.82) is 0 Å². The highest BCUT2D eigenvalue weighted by atomic mass is 32.2. The summed E-state index contributed by atoms with van der Waals surface area (Å²) in [4.78, 5) is 11.1. The van der Waals surface area contributed by atoms with E-state index in [1.807, 2.05) is 0 Å². The molecule has 0 spiro atoms. The van der Waals surface area contributed by atoms with Gasteiger partial charge in [0.1, 0.15) is 4.90 Å². The number of aromatic nitrogens is 2. The number of hydrogen-bond donors (Lipinski definition) is 1. The third-order valence-electron chi connectivity index (χ3n) is 2.12. The van der Waals surface area contributed by atoms with Gasteiger partial charge in [-0.2, -0.15) is 5.10 Å². The third-order valence-corrected chi connectivity index (χ3v) is 3.11. The molecule has 0 aliphatic heterocycles. The van der Waals surface area contributed by atoms with E-state index in [-0.39, 0.29) is 10.6 Å². The van der Waals surface area contributed by atoms with Gasteiger partial charge < -0.3 is 4.74 Å². The Labute approximate surface area is 93.2 Å². The molecule has 7 nitrogen and oxygen atoms in total. The summed E-state index contributed by atoms with van der Waals surface area (Å²) in [6.45, 7) is 1.74. The number of nitrogens with zero attached hydrogens (tertiary/aromatic N) is 2. The van der Waals surface area contributed by atoms with Gasteiger partial charge in [-0.15, -0.1) is 0 Å².